The van der Waals surface area contributed by atoms with E-state index in [9.17, 15) is 5.11 Å². The molecule has 0 aliphatic heterocycles. The van der Waals surface area contributed by atoms with E-state index in [0.717, 1.165) is 11.3 Å². The molecule has 0 aliphatic carbocycles. The summed E-state index contributed by atoms with van der Waals surface area (Å²) < 4.78 is 0. The van der Waals surface area contributed by atoms with Crippen LogP contribution in [0.15, 0.2) is 59.6 Å². The van der Waals surface area contributed by atoms with Crippen molar-refractivity contribution >= 4 is 21.2 Å². The van der Waals surface area contributed by atoms with Crippen molar-refractivity contribution in [2.75, 3.05) is 0 Å². The number of hydrogen-bond donors (Lipinski definition) is 1. The number of halogens is 1. The van der Waals surface area contributed by atoms with Gasteiger partial charge in [-0.3, -0.25) is 4.99 Å². The molecule has 0 aliphatic rings. The summed E-state index contributed by atoms with van der Waals surface area (Å²) in [4.78, 5) is 4.25. The van der Waals surface area contributed by atoms with Crippen molar-refractivity contribution in [3.8, 4) is 5.75 Å². The Kier molecular flexibility index (Phi) is 9.30. The molecule has 0 saturated carbocycles. The van der Waals surface area contributed by atoms with Crippen molar-refractivity contribution in [3.63, 3.8) is 0 Å². The molecular formula is C14H14ClNOTi. The molecule has 92 valence electrons. The maximum absolute atomic E-state index is 9.50. The van der Waals surface area contributed by atoms with Crippen LogP contribution in [0.4, 0.5) is 5.69 Å². The van der Waals surface area contributed by atoms with Crippen LogP contribution < -0.4 is 0 Å². The van der Waals surface area contributed by atoms with Gasteiger partial charge < -0.3 is 12.5 Å². The van der Waals surface area contributed by atoms with Gasteiger partial charge in [0.1, 0.15) is 5.75 Å². The maximum atomic E-state index is 9.50. The van der Waals surface area contributed by atoms with E-state index < -0.39 is 0 Å². The molecule has 4 heteroatoms. The van der Waals surface area contributed by atoms with E-state index in [0.29, 0.717) is 0 Å². The van der Waals surface area contributed by atoms with Crippen LogP contribution in [-0.2, 0) is 19.4 Å². The van der Waals surface area contributed by atoms with Crippen molar-refractivity contribution in [3.05, 3.63) is 67.6 Å². The molecule has 0 amide bonds. The Hall–Kier alpha value is -1.09. The van der Waals surface area contributed by atoms with Gasteiger partial charge in [-0.2, -0.15) is 0 Å². The molecule has 0 radical (unpaired) electrons. The SMILES string of the molecule is Oc1ccccc1C=Nc1ccccc1.[CH3-].[Cl][Ti+]. The molecular weight excluding hydrogens is 281 g/mol. The van der Waals surface area contributed by atoms with Crippen molar-refractivity contribution in [2.45, 2.75) is 0 Å². The van der Waals surface area contributed by atoms with Crippen molar-refractivity contribution in [1.82, 2.24) is 0 Å². The van der Waals surface area contributed by atoms with E-state index in [1.165, 1.54) is 19.4 Å². The van der Waals surface area contributed by atoms with E-state index in [4.69, 9.17) is 0 Å². The molecule has 2 aromatic carbocycles. The normalized spacial score (nSPS) is 9.11. The van der Waals surface area contributed by atoms with Gasteiger partial charge in [0.25, 0.3) is 0 Å². The van der Waals surface area contributed by atoms with Gasteiger partial charge in [0, 0.05) is 11.8 Å². The molecule has 0 atom stereocenters. The van der Waals surface area contributed by atoms with Gasteiger partial charge in [0.15, 0.2) is 0 Å². The van der Waals surface area contributed by atoms with E-state index in [-0.39, 0.29) is 13.2 Å². The van der Waals surface area contributed by atoms with Crippen molar-refractivity contribution in [2.24, 2.45) is 4.99 Å². The first-order chi connectivity index (χ1) is 8.36. The predicted octanol–water partition coefficient (Wildman–Crippen LogP) is 4.28. The average Bonchev–Trinajstić information content (AvgIpc) is 2.41. The van der Waals surface area contributed by atoms with E-state index >= 15 is 0 Å². The van der Waals surface area contributed by atoms with Gasteiger partial charge in [-0.25, -0.2) is 0 Å². The van der Waals surface area contributed by atoms with E-state index in [1.807, 2.05) is 42.5 Å². The summed E-state index contributed by atoms with van der Waals surface area (Å²) >= 11 is 1.47. The van der Waals surface area contributed by atoms with Gasteiger partial charge >= 0.3 is 28.7 Å². The summed E-state index contributed by atoms with van der Waals surface area (Å²) in [6.07, 6.45) is 1.66. The fraction of sp³-hybridized carbons (Fsp3) is 0. The van der Waals surface area contributed by atoms with E-state index in [2.05, 4.69) is 14.3 Å². The molecule has 0 aromatic heterocycles. The number of nitrogens with zero attached hydrogens (tertiary/aromatic N) is 1. The second-order valence-electron chi connectivity index (χ2n) is 3.15. The van der Waals surface area contributed by atoms with Crippen LogP contribution in [0, 0.1) is 7.43 Å². The van der Waals surface area contributed by atoms with Gasteiger partial charge in [-0.1, -0.05) is 30.3 Å². The Morgan fingerprint density at radius 1 is 0.944 bits per heavy atom. The van der Waals surface area contributed by atoms with Gasteiger partial charge in [-0.05, 0) is 24.3 Å². The third kappa shape index (κ3) is 5.50. The number of aromatic hydroxyl groups is 1. The van der Waals surface area contributed by atoms with E-state index in [1.54, 1.807) is 18.3 Å². The summed E-state index contributed by atoms with van der Waals surface area (Å²) in [5, 5.41) is 9.50. The van der Waals surface area contributed by atoms with Crippen LogP contribution >= 0.6 is 9.30 Å². The van der Waals surface area contributed by atoms with Crippen LogP contribution in [0.25, 0.3) is 0 Å². The standard InChI is InChI=1S/C13H11NO.CH3.ClH.Ti/c15-13-9-5-4-6-11(13)10-14-12-7-2-1-3-8-12;;;/h1-10,15H;1H3;1H;/q;-1;;+2/p-1. The molecule has 18 heavy (non-hydrogen) atoms. The topological polar surface area (TPSA) is 32.6 Å². The molecule has 0 unspecified atom stereocenters. The number of benzene rings is 2. The number of phenols is 1. The zero-order valence-electron chi connectivity index (χ0n) is 10.0. The second-order valence-corrected chi connectivity index (χ2v) is 3.15. The molecule has 0 bridgehead atoms. The number of aliphatic imine (C=N–C) groups is 1. The molecule has 0 heterocycles. The molecule has 2 nitrogen and oxygen atoms in total. The Balaban J connectivity index is 0.000000917. The molecule has 1 N–H and O–H groups in total. The van der Waals surface area contributed by atoms with Crippen molar-refractivity contribution in [1.29, 1.82) is 0 Å². The quantitative estimate of drug-likeness (QED) is 0.500. The first kappa shape index (κ1) is 16.9. The van der Waals surface area contributed by atoms with Gasteiger partial charge in [0.2, 0.25) is 0 Å². The minimum absolute atomic E-state index is 0. The Bertz CT molecular complexity index is 474. The minimum atomic E-state index is 0. The summed E-state index contributed by atoms with van der Waals surface area (Å²) in [7, 11) is 4.64. The van der Waals surface area contributed by atoms with Crippen LogP contribution in [0.3, 0.4) is 0 Å². The third-order valence-corrected chi connectivity index (χ3v) is 2.05. The average molecular weight is 296 g/mol. The van der Waals surface area contributed by atoms with Gasteiger partial charge in [-0.15, -0.1) is 0 Å². The Morgan fingerprint density at radius 3 is 2.11 bits per heavy atom. The monoisotopic (exact) mass is 295 g/mol. The molecule has 2 aromatic rings. The Labute approximate surface area is 124 Å². The number of hydrogen-bond acceptors (Lipinski definition) is 2. The number of rotatable bonds is 2. The number of para-hydroxylation sites is 2. The van der Waals surface area contributed by atoms with Gasteiger partial charge in [0.05, 0.1) is 5.69 Å². The number of phenolic OH excluding ortho intramolecular Hbond substituents is 1. The second kappa shape index (κ2) is 9.89. The molecule has 2 rings (SSSR count). The van der Waals surface area contributed by atoms with Crippen LogP contribution in [0.2, 0.25) is 0 Å². The zero-order chi connectivity index (χ0) is 12.5. The molecule has 0 spiro atoms. The Morgan fingerprint density at radius 2 is 1.50 bits per heavy atom. The first-order valence-corrected chi connectivity index (χ1v) is 7.07. The summed E-state index contributed by atoms with van der Waals surface area (Å²) in [6, 6.07) is 16.7. The third-order valence-electron chi connectivity index (χ3n) is 2.05. The zero-order valence-corrected chi connectivity index (χ0v) is 12.4. The van der Waals surface area contributed by atoms with Crippen LogP contribution in [-0.4, -0.2) is 11.3 Å². The van der Waals surface area contributed by atoms with Crippen molar-refractivity contribution < 1.29 is 24.5 Å². The molecule has 0 fully saturated rings. The first-order valence-electron chi connectivity index (χ1n) is 4.92. The van der Waals surface area contributed by atoms with Crippen LogP contribution in [0.1, 0.15) is 5.56 Å². The summed E-state index contributed by atoms with van der Waals surface area (Å²) in [5.74, 6) is 0.247. The predicted molar refractivity (Wildman–Crippen MR) is 74.1 cm³/mol. The van der Waals surface area contributed by atoms with Crippen LogP contribution in [0.5, 0.6) is 5.75 Å². The fourth-order valence-corrected chi connectivity index (χ4v) is 1.25. The summed E-state index contributed by atoms with van der Waals surface area (Å²) in [6.45, 7) is 0. The fourth-order valence-electron chi connectivity index (χ4n) is 1.25. The molecule has 0 saturated heterocycles. The summed E-state index contributed by atoms with van der Waals surface area (Å²) in [5.41, 5.74) is 1.60.